The highest BCUT2D eigenvalue weighted by molar-refractivity contribution is 5.41. The van der Waals surface area contributed by atoms with Crippen LogP contribution in [0.25, 0.3) is 0 Å². The standard InChI is InChI=1S/C16H20N2O2/c17-16(18,13-7-2-1-3-8-13)15-9-5-4-6-12(15)10-14(20)11-19/h1-9,14,19-20H,10-11,17-18H2. The van der Waals surface area contributed by atoms with E-state index in [9.17, 15) is 5.11 Å². The van der Waals surface area contributed by atoms with Crippen LogP contribution in [0.15, 0.2) is 54.6 Å². The molecule has 0 saturated heterocycles. The molecule has 2 aromatic carbocycles. The van der Waals surface area contributed by atoms with E-state index >= 15 is 0 Å². The molecule has 0 spiro atoms. The second-order valence-electron chi connectivity index (χ2n) is 4.93. The van der Waals surface area contributed by atoms with E-state index in [-0.39, 0.29) is 6.61 Å². The highest BCUT2D eigenvalue weighted by Crippen LogP contribution is 2.25. The van der Waals surface area contributed by atoms with Gasteiger partial charge in [0.25, 0.3) is 0 Å². The minimum atomic E-state index is -1.13. The van der Waals surface area contributed by atoms with E-state index in [0.717, 1.165) is 16.7 Å². The van der Waals surface area contributed by atoms with Crippen molar-refractivity contribution in [3.05, 3.63) is 71.3 Å². The van der Waals surface area contributed by atoms with Gasteiger partial charge in [-0.25, -0.2) is 0 Å². The predicted molar refractivity (Wildman–Crippen MR) is 78.8 cm³/mol. The molecule has 2 rings (SSSR count). The molecule has 0 aliphatic carbocycles. The molecule has 0 bridgehead atoms. The third kappa shape index (κ3) is 3.05. The van der Waals surface area contributed by atoms with E-state index in [0.29, 0.717) is 6.42 Å². The van der Waals surface area contributed by atoms with Gasteiger partial charge in [-0.3, -0.25) is 0 Å². The van der Waals surface area contributed by atoms with Crippen molar-refractivity contribution in [2.45, 2.75) is 18.2 Å². The number of benzene rings is 2. The Hall–Kier alpha value is -1.72. The minimum absolute atomic E-state index is 0.290. The average molecular weight is 272 g/mol. The number of hydrogen-bond donors (Lipinski definition) is 4. The molecular formula is C16H20N2O2. The normalized spacial score (nSPS) is 13.2. The fourth-order valence-electron chi connectivity index (χ4n) is 2.29. The van der Waals surface area contributed by atoms with Gasteiger partial charge in [-0.05, 0) is 16.7 Å². The van der Waals surface area contributed by atoms with Crippen LogP contribution in [0.4, 0.5) is 0 Å². The van der Waals surface area contributed by atoms with Crippen molar-refractivity contribution in [3.63, 3.8) is 0 Å². The van der Waals surface area contributed by atoms with Crippen LogP contribution in [0.3, 0.4) is 0 Å². The fourth-order valence-corrected chi connectivity index (χ4v) is 2.29. The lowest BCUT2D eigenvalue weighted by Crippen LogP contribution is -2.48. The first-order valence-electron chi connectivity index (χ1n) is 6.56. The minimum Gasteiger partial charge on any atom is -0.394 e. The van der Waals surface area contributed by atoms with Gasteiger partial charge in [-0.1, -0.05) is 54.6 Å². The van der Waals surface area contributed by atoms with Gasteiger partial charge in [0.2, 0.25) is 0 Å². The quantitative estimate of drug-likeness (QED) is 0.603. The number of aliphatic hydroxyl groups excluding tert-OH is 2. The van der Waals surface area contributed by atoms with Gasteiger partial charge in [0.1, 0.15) is 5.66 Å². The van der Waals surface area contributed by atoms with Crippen LogP contribution in [0, 0.1) is 0 Å². The van der Waals surface area contributed by atoms with Crippen LogP contribution in [-0.2, 0) is 12.1 Å². The average Bonchev–Trinajstić information content (AvgIpc) is 2.48. The summed E-state index contributed by atoms with van der Waals surface area (Å²) in [7, 11) is 0. The van der Waals surface area contributed by atoms with Crippen LogP contribution < -0.4 is 11.5 Å². The van der Waals surface area contributed by atoms with Gasteiger partial charge < -0.3 is 21.7 Å². The molecule has 106 valence electrons. The first-order chi connectivity index (χ1) is 9.55. The molecule has 0 heterocycles. The summed E-state index contributed by atoms with van der Waals surface area (Å²) in [6.45, 7) is -0.290. The summed E-state index contributed by atoms with van der Waals surface area (Å²) in [5, 5.41) is 18.6. The zero-order valence-corrected chi connectivity index (χ0v) is 11.2. The molecular weight excluding hydrogens is 252 g/mol. The Morgan fingerprint density at radius 2 is 1.55 bits per heavy atom. The smallest absolute Gasteiger partial charge is 0.117 e. The summed E-state index contributed by atoms with van der Waals surface area (Å²) in [5.41, 5.74) is 13.9. The molecule has 0 saturated carbocycles. The molecule has 0 radical (unpaired) electrons. The third-order valence-electron chi connectivity index (χ3n) is 3.38. The van der Waals surface area contributed by atoms with Gasteiger partial charge in [0.15, 0.2) is 0 Å². The van der Waals surface area contributed by atoms with Gasteiger partial charge in [-0.2, -0.15) is 0 Å². The molecule has 6 N–H and O–H groups in total. The van der Waals surface area contributed by atoms with Gasteiger partial charge >= 0.3 is 0 Å². The second-order valence-corrected chi connectivity index (χ2v) is 4.93. The van der Waals surface area contributed by atoms with Crippen molar-refractivity contribution in [3.8, 4) is 0 Å². The Morgan fingerprint density at radius 3 is 2.20 bits per heavy atom. The van der Waals surface area contributed by atoms with E-state index < -0.39 is 11.8 Å². The number of nitrogens with two attached hydrogens (primary N) is 2. The molecule has 4 heteroatoms. The Bertz CT molecular complexity index is 555. The Kier molecular flexibility index (Phi) is 4.52. The lowest BCUT2D eigenvalue weighted by Gasteiger charge is -2.28. The Morgan fingerprint density at radius 1 is 0.950 bits per heavy atom. The molecule has 0 aliphatic rings. The summed E-state index contributed by atoms with van der Waals surface area (Å²) >= 11 is 0. The fraction of sp³-hybridized carbons (Fsp3) is 0.250. The molecule has 2 aromatic rings. The lowest BCUT2D eigenvalue weighted by molar-refractivity contribution is 0.0952. The van der Waals surface area contributed by atoms with Gasteiger partial charge in [0.05, 0.1) is 12.7 Å². The summed E-state index contributed by atoms with van der Waals surface area (Å²) in [5.74, 6) is 0. The van der Waals surface area contributed by atoms with E-state index in [1.54, 1.807) is 0 Å². The molecule has 1 unspecified atom stereocenters. The second kappa shape index (κ2) is 6.15. The van der Waals surface area contributed by atoms with Crippen molar-refractivity contribution in [2.24, 2.45) is 11.5 Å². The summed E-state index contributed by atoms with van der Waals surface area (Å²) in [6, 6.07) is 16.9. The summed E-state index contributed by atoms with van der Waals surface area (Å²) in [6.07, 6.45) is -0.502. The number of aliphatic hydroxyl groups is 2. The van der Waals surface area contributed by atoms with Crippen molar-refractivity contribution in [1.29, 1.82) is 0 Å². The van der Waals surface area contributed by atoms with Crippen molar-refractivity contribution in [2.75, 3.05) is 6.61 Å². The van der Waals surface area contributed by atoms with Crippen LogP contribution in [0.1, 0.15) is 16.7 Å². The summed E-state index contributed by atoms with van der Waals surface area (Å²) in [4.78, 5) is 0. The topological polar surface area (TPSA) is 92.5 Å². The number of hydrogen-bond acceptors (Lipinski definition) is 4. The SMILES string of the molecule is NC(N)(c1ccccc1)c1ccccc1CC(O)CO. The third-order valence-corrected chi connectivity index (χ3v) is 3.38. The van der Waals surface area contributed by atoms with Crippen molar-refractivity contribution < 1.29 is 10.2 Å². The first kappa shape index (κ1) is 14.7. The molecule has 20 heavy (non-hydrogen) atoms. The lowest BCUT2D eigenvalue weighted by atomic mass is 9.87. The van der Waals surface area contributed by atoms with Crippen LogP contribution >= 0.6 is 0 Å². The predicted octanol–water partition coefficient (Wildman–Crippen LogP) is 0.701. The monoisotopic (exact) mass is 272 g/mol. The molecule has 0 aliphatic heterocycles. The maximum absolute atomic E-state index is 9.64. The van der Waals surface area contributed by atoms with Crippen LogP contribution in [0.2, 0.25) is 0 Å². The largest absolute Gasteiger partial charge is 0.394 e. The molecule has 4 nitrogen and oxygen atoms in total. The Balaban J connectivity index is 2.41. The van der Waals surface area contributed by atoms with Gasteiger partial charge in [0, 0.05) is 6.42 Å². The Labute approximate surface area is 118 Å². The van der Waals surface area contributed by atoms with E-state index in [1.165, 1.54) is 0 Å². The molecule has 0 amide bonds. The molecule has 0 fully saturated rings. The van der Waals surface area contributed by atoms with E-state index in [4.69, 9.17) is 16.6 Å². The van der Waals surface area contributed by atoms with Gasteiger partial charge in [-0.15, -0.1) is 0 Å². The number of rotatable bonds is 5. The molecule has 0 aromatic heterocycles. The van der Waals surface area contributed by atoms with Crippen LogP contribution in [0.5, 0.6) is 0 Å². The van der Waals surface area contributed by atoms with E-state index in [1.807, 2.05) is 54.6 Å². The molecule has 1 atom stereocenters. The van der Waals surface area contributed by atoms with Crippen molar-refractivity contribution in [1.82, 2.24) is 0 Å². The van der Waals surface area contributed by atoms with E-state index in [2.05, 4.69) is 0 Å². The zero-order valence-electron chi connectivity index (χ0n) is 11.2. The maximum atomic E-state index is 9.64. The highest BCUT2D eigenvalue weighted by atomic mass is 16.3. The maximum Gasteiger partial charge on any atom is 0.117 e. The van der Waals surface area contributed by atoms with Crippen LogP contribution in [-0.4, -0.2) is 22.9 Å². The zero-order chi connectivity index (χ0) is 14.6. The first-order valence-corrected chi connectivity index (χ1v) is 6.56. The summed E-state index contributed by atoms with van der Waals surface area (Å²) < 4.78 is 0. The highest BCUT2D eigenvalue weighted by Gasteiger charge is 2.27. The van der Waals surface area contributed by atoms with Crippen molar-refractivity contribution >= 4 is 0 Å².